The Labute approximate surface area is 197 Å². The van der Waals surface area contributed by atoms with Crippen molar-refractivity contribution in [3.8, 4) is 0 Å². The van der Waals surface area contributed by atoms with Gasteiger partial charge in [0, 0.05) is 11.8 Å². The summed E-state index contributed by atoms with van der Waals surface area (Å²) in [5.74, 6) is -2.43. The van der Waals surface area contributed by atoms with Gasteiger partial charge < -0.3 is 14.5 Å². The van der Waals surface area contributed by atoms with E-state index in [9.17, 15) is 22.8 Å². The summed E-state index contributed by atoms with van der Waals surface area (Å²) in [5, 5.41) is 2.37. The monoisotopic (exact) mass is 497 g/mol. The van der Waals surface area contributed by atoms with E-state index in [1.54, 1.807) is 30.3 Å². The molecule has 1 aromatic carbocycles. The maximum atomic E-state index is 13.8. The van der Waals surface area contributed by atoms with Crippen LogP contribution in [-0.4, -0.2) is 42.7 Å². The molecule has 1 aliphatic rings. The zero-order valence-electron chi connectivity index (χ0n) is 19.8. The lowest BCUT2D eigenvalue weighted by Crippen LogP contribution is -2.42. The molecule has 1 saturated heterocycles. The minimum Gasteiger partial charge on any atom is -0.414 e. The molecule has 1 amide bonds. The summed E-state index contributed by atoms with van der Waals surface area (Å²) >= 11 is 0. The van der Waals surface area contributed by atoms with Crippen LogP contribution in [0, 0.1) is 5.92 Å². The number of carbonyl (C=O) groups is 1. The van der Waals surface area contributed by atoms with Gasteiger partial charge in [0.05, 0.1) is 12.7 Å². The number of ether oxygens (including phenoxy) is 1. The number of nitrogens with one attached hydrogen (secondary N) is 1. The lowest BCUT2D eigenvalue weighted by molar-refractivity contribution is -0.198. The Morgan fingerprint density at radius 2 is 1.85 bits per heavy atom. The van der Waals surface area contributed by atoms with Crippen LogP contribution in [0.2, 0.25) is 18.1 Å². The molecule has 1 fully saturated rings. The van der Waals surface area contributed by atoms with Crippen molar-refractivity contribution in [3.05, 3.63) is 58.6 Å². The first-order chi connectivity index (χ1) is 15.7. The molecule has 186 valence electrons. The topological polar surface area (TPSA) is 82.5 Å². The van der Waals surface area contributed by atoms with Crippen LogP contribution in [0.25, 0.3) is 0 Å². The molecule has 0 spiro atoms. The lowest BCUT2D eigenvalue weighted by atomic mass is 10.0. The minimum atomic E-state index is -4.57. The summed E-state index contributed by atoms with van der Waals surface area (Å²) in [5.41, 5.74) is -0.592. The van der Waals surface area contributed by atoms with E-state index >= 15 is 0 Å². The van der Waals surface area contributed by atoms with Crippen molar-refractivity contribution in [1.29, 1.82) is 0 Å². The number of halogens is 3. The normalized spacial score (nSPS) is 21.5. The second-order valence-electron chi connectivity index (χ2n) is 9.93. The fraction of sp³-hybridized carbons (Fsp3) is 0.522. The molecule has 2 heterocycles. The first kappa shape index (κ1) is 26.1. The van der Waals surface area contributed by atoms with Crippen LogP contribution in [0.5, 0.6) is 0 Å². The number of rotatable bonds is 6. The van der Waals surface area contributed by atoms with Crippen LogP contribution in [0.3, 0.4) is 0 Å². The Bertz CT molecular complexity index is 1070. The number of hydrogen-bond acceptors (Lipinski definition) is 5. The summed E-state index contributed by atoms with van der Waals surface area (Å²) in [7, 11) is -2.19. The van der Waals surface area contributed by atoms with E-state index in [0.717, 1.165) is 10.8 Å². The van der Waals surface area contributed by atoms with E-state index in [1.807, 2.05) is 33.9 Å². The zero-order chi connectivity index (χ0) is 25.3. The van der Waals surface area contributed by atoms with E-state index in [4.69, 9.17) is 9.16 Å². The second-order valence-corrected chi connectivity index (χ2v) is 14.7. The Kier molecular flexibility index (Phi) is 7.39. The molecule has 34 heavy (non-hydrogen) atoms. The fourth-order valence-electron chi connectivity index (χ4n) is 3.38. The van der Waals surface area contributed by atoms with E-state index in [2.05, 4.69) is 10.3 Å². The number of alkyl halides is 3. The number of amides is 1. The van der Waals surface area contributed by atoms with Crippen molar-refractivity contribution in [2.24, 2.45) is 5.92 Å². The average molecular weight is 498 g/mol. The molecule has 0 saturated carbocycles. The molecule has 2 aromatic rings. The summed E-state index contributed by atoms with van der Waals surface area (Å²) < 4.78 is 54.0. The van der Waals surface area contributed by atoms with E-state index in [0.29, 0.717) is 5.56 Å². The van der Waals surface area contributed by atoms with Crippen molar-refractivity contribution in [2.75, 3.05) is 11.9 Å². The standard InChI is InChI=1S/C23H30F3N3O4Si/c1-22(2,3)34(4,5)32-14-16-13-17(23(24,25)26)20(33-16)29-12-11-18(28-21(29)31)27-19(30)15-9-7-6-8-10-15/h6-12,16-17,20H,13-14H2,1-5H3,(H,27,28,30,31)/t16-,17-,20+/m0/s1. The number of benzene rings is 1. The first-order valence-corrected chi connectivity index (χ1v) is 13.9. The summed E-state index contributed by atoms with van der Waals surface area (Å²) in [6, 6.07) is 9.56. The molecule has 0 aliphatic carbocycles. The zero-order valence-corrected chi connectivity index (χ0v) is 20.8. The lowest BCUT2D eigenvalue weighted by Gasteiger charge is -2.36. The van der Waals surface area contributed by atoms with Crippen molar-refractivity contribution in [1.82, 2.24) is 9.55 Å². The second kappa shape index (κ2) is 9.63. The highest BCUT2D eigenvalue weighted by Crippen LogP contribution is 2.45. The molecule has 11 heteroatoms. The summed E-state index contributed by atoms with van der Waals surface area (Å²) in [6.45, 7) is 10.2. The van der Waals surface area contributed by atoms with Crippen LogP contribution in [0.4, 0.5) is 19.0 Å². The van der Waals surface area contributed by atoms with Gasteiger partial charge in [0.1, 0.15) is 18.0 Å². The van der Waals surface area contributed by atoms with Crippen molar-refractivity contribution < 1.29 is 27.1 Å². The van der Waals surface area contributed by atoms with E-state index in [1.165, 1.54) is 6.07 Å². The average Bonchev–Trinajstić information content (AvgIpc) is 3.17. The van der Waals surface area contributed by atoms with Gasteiger partial charge in [-0.05, 0) is 42.8 Å². The highest BCUT2D eigenvalue weighted by molar-refractivity contribution is 6.74. The molecular weight excluding hydrogens is 467 g/mol. The SMILES string of the molecule is CC(C)(C)[Si](C)(C)OC[C@@H]1C[C@H](C(F)(F)F)[C@H](n2ccc(NC(=O)c3ccccc3)nc2=O)O1. The fourth-order valence-corrected chi connectivity index (χ4v) is 4.42. The van der Waals surface area contributed by atoms with Gasteiger partial charge in [-0.1, -0.05) is 39.0 Å². The molecule has 0 unspecified atom stereocenters. The predicted molar refractivity (Wildman–Crippen MR) is 124 cm³/mol. The van der Waals surface area contributed by atoms with Crippen LogP contribution >= 0.6 is 0 Å². The summed E-state index contributed by atoms with van der Waals surface area (Å²) in [4.78, 5) is 28.6. The first-order valence-electron chi connectivity index (χ1n) is 11.0. The van der Waals surface area contributed by atoms with Gasteiger partial charge in [-0.3, -0.25) is 9.36 Å². The van der Waals surface area contributed by atoms with Gasteiger partial charge in [-0.25, -0.2) is 4.79 Å². The smallest absolute Gasteiger partial charge is 0.396 e. The van der Waals surface area contributed by atoms with Gasteiger partial charge in [-0.2, -0.15) is 18.2 Å². The van der Waals surface area contributed by atoms with E-state index in [-0.39, 0.29) is 23.9 Å². The number of carbonyl (C=O) groups excluding carboxylic acids is 1. The van der Waals surface area contributed by atoms with Gasteiger partial charge in [0.25, 0.3) is 5.91 Å². The Balaban J connectivity index is 1.77. The molecule has 0 radical (unpaired) electrons. The highest BCUT2D eigenvalue weighted by atomic mass is 28.4. The molecule has 1 N–H and O–H groups in total. The Morgan fingerprint density at radius 3 is 2.41 bits per heavy atom. The molecule has 7 nitrogen and oxygen atoms in total. The van der Waals surface area contributed by atoms with Gasteiger partial charge in [0.15, 0.2) is 8.32 Å². The van der Waals surface area contributed by atoms with Gasteiger partial charge in [-0.15, -0.1) is 0 Å². The van der Waals surface area contributed by atoms with Gasteiger partial charge in [0.2, 0.25) is 0 Å². The third-order valence-corrected chi connectivity index (χ3v) is 10.9. The quantitative estimate of drug-likeness (QED) is 0.569. The minimum absolute atomic E-state index is 0.0208. The molecule has 1 aliphatic heterocycles. The molecule has 3 atom stereocenters. The van der Waals surface area contributed by atoms with Gasteiger partial charge >= 0.3 is 11.9 Å². The van der Waals surface area contributed by atoms with Crippen LogP contribution in [0.15, 0.2) is 47.4 Å². The van der Waals surface area contributed by atoms with Crippen molar-refractivity contribution in [2.45, 2.75) is 63.8 Å². The van der Waals surface area contributed by atoms with Crippen molar-refractivity contribution in [3.63, 3.8) is 0 Å². The van der Waals surface area contributed by atoms with Crippen LogP contribution in [-0.2, 0) is 9.16 Å². The Hall–Kier alpha value is -2.50. The summed E-state index contributed by atoms with van der Waals surface area (Å²) in [6.07, 6.45) is -6.10. The largest absolute Gasteiger partial charge is 0.414 e. The predicted octanol–water partition coefficient (Wildman–Crippen LogP) is 4.98. The maximum Gasteiger partial charge on any atom is 0.396 e. The third kappa shape index (κ3) is 5.94. The number of anilines is 1. The van der Waals surface area contributed by atoms with Crippen LogP contribution < -0.4 is 11.0 Å². The number of hydrogen-bond donors (Lipinski definition) is 1. The third-order valence-electron chi connectivity index (χ3n) is 6.43. The van der Waals surface area contributed by atoms with Crippen molar-refractivity contribution >= 4 is 20.0 Å². The Morgan fingerprint density at radius 1 is 1.21 bits per heavy atom. The molecule has 3 rings (SSSR count). The number of nitrogens with zero attached hydrogens (tertiary/aromatic N) is 2. The number of aromatic nitrogens is 2. The maximum absolute atomic E-state index is 13.8. The highest BCUT2D eigenvalue weighted by Gasteiger charge is 2.53. The molecule has 0 bridgehead atoms. The molecule has 1 aromatic heterocycles. The molecular formula is C23H30F3N3O4Si. The van der Waals surface area contributed by atoms with Crippen LogP contribution in [0.1, 0.15) is 43.8 Å². The van der Waals surface area contributed by atoms with E-state index < -0.39 is 44.3 Å².